The minimum atomic E-state index is -0.892. The second kappa shape index (κ2) is 7.11. The number of hydrogen-bond donors (Lipinski definition) is 1. The number of methoxy groups -OCH3 is 1. The van der Waals surface area contributed by atoms with Gasteiger partial charge in [0.1, 0.15) is 11.6 Å². The third-order valence-corrected chi connectivity index (χ3v) is 4.63. The smallest absolute Gasteiger partial charge is 0.294 e. The molecule has 1 unspecified atom stereocenters. The van der Waals surface area contributed by atoms with E-state index in [1.165, 1.54) is 30.2 Å². The second-order valence-electron chi connectivity index (χ2n) is 7.68. The van der Waals surface area contributed by atoms with E-state index in [0.29, 0.717) is 11.3 Å². The Morgan fingerprint density at radius 3 is 2.43 bits per heavy atom. The molecular formula is C22H22FNO4. The van der Waals surface area contributed by atoms with Crippen molar-refractivity contribution in [2.45, 2.75) is 26.8 Å². The predicted molar refractivity (Wildman–Crippen MR) is 104 cm³/mol. The Bertz CT molecular complexity index is 974. The van der Waals surface area contributed by atoms with E-state index in [4.69, 9.17) is 4.74 Å². The van der Waals surface area contributed by atoms with Gasteiger partial charge in [-0.15, -0.1) is 0 Å². The highest BCUT2D eigenvalue weighted by molar-refractivity contribution is 6.17. The SMILES string of the molecule is COc1cccc(C2C(C(=O)C(C)(C)C)=C(O)C(=O)N2c2cccc(F)c2)c1. The normalized spacial score (nSPS) is 17.2. The molecule has 1 N–H and O–H groups in total. The van der Waals surface area contributed by atoms with Crippen molar-refractivity contribution in [2.24, 2.45) is 5.41 Å². The highest BCUT2D eigenvalue weighted by Crippen LogP contribution is 2.43. The van der Waals surface area contributed by atoms with Gasteiger partial charge < -0.3 is 9.84 Å². The van der Waals surface area contributed by atoms with E-state index in [2.05, 4.69) is 0 Å². The number of rotatable bonds is 4. The first-order chi connectivity index (χ1) is 13.1. The summed E-state index contributed by atoms with van der Waals surface area (Å²) in [5, 5.41) is 10.6. The van der Waals surface area contributed by atoms with Crippen LogP contribution in [-0.4, -0.2) is 23.9 Å². The van der Waals surface area contributed by atoms with Crippen LogP contribution in [0.15, 0.2) is 59.9 Å². The largest absolute Gasteiger partial charge is 0.503 e. The minimum absolute atomic E-state index is 0.00462. The molecular weight excluding hydrogens is 361 g/mol. The van der Waals surface area contributed by atoms with Crippen molar-refractivity contribution in [2.75, 3.05) is 12.0 Å². The van der Waals surface area contributed by atoms with Crippen LogP contribution in [0.3, 0.4) is 0 Å². The van der Waals surface area contributed by atoms with Crippen LogP contribution in [0.25, 0.3) is 0 Å². The van der Waals surface area contributed by atoms with Crippen molar-refractivity contribution < 1.29 is 23.8 Å². The molecule has 1 atom stereocenters. The van der Waals surface area contributed by atoms with Crippen molar-refractivity contribution in [1.82, 2.24) is 0 Å². The molecule has 0 saturated heterocycles. The van der Waals surface area contributed by atoms with Crippen LogP contribution in [-0.2, 0) is 9.59 Å². The topological polar surface area (TPSA) is 66.8 Å². The number of carbonyl (C=O) groups is 2. The summed E-state index contributed by atoms with van der Waals surface area (Å²) >= 11 is 0. The van der Waals surface area contributed by atoms with Gasteiger partial charge in [-0.05, 0) is 35.9 Å². The lowest BCUT2D eigenvalue weighted by molar-refractivity contribution is -0.123. The highest BCUT2D eigenvalue weighted by atomic mass is 19.1. The maximum atomic E-state index is 13.8. The molecule has 1 aliphatic heterocycles. The molecule has 0 aromatic heterocycles. The Balaban J connectivity index is 2.23. The summed E-state index contributed by atoms with van der Waals surface area (Å²) in [4.78, 5) is 27.3. The number of hydrogen-bond acceptors (Lipinski definition) is 4. The number of ketones is 1. The minimum Gasteiger partial charge on any atom is -0.503 e. The number of anilines is 1. The number of aliphatic hydroxyl groups excluding tert-OH is 1. The van der Waals surface area contributed by atoms with Crippen LogP contribution in [0.1, 0.15) is 32.4 Å². The molecule has 0 radical (unpaired) electrons. The summed E-state index contributed by atoms with van der Waals surface area (Å²) in [5.74, 6) is -1.70. The van der Waals surface area contributed by atoms with Crippen LogP contribution >= 0.6 is 0 Å². The van der Waals surface area contributed by atoms with Crippen LogP contribution in [0.5, 0.6) is 5.75 Å². The molecule has 6 heteroatoms. The molecule has 2 aromatic carbocycles. The van der Waals surface area contributed by atoms with Crippen molar-refractivity contribution >= 4 is 17.4 Å². The number of ether oxygens (including phenoxy) is 1. The van der Waals surface area contributed by atoms with E-state index in [1.807, 2.05) is 0 Å². The lowest BCUT2D eigenvalue weighted by atomic mass is 9.82. The zero-order valence-electron chi connectivity index (χ0n) is 16.2. The van der Waals surface area contributed by atoms with E-state index in [-0.39, 0.29) is 17.0 Å². The van der Waals surface area contributed by atoms with E-state index in [0.717, 1.165) is 0 Å². The zero-order valence-corrected chi connectivity index (χ0v) is 16.2. The van der Waals surface area contributed by atoms with Crippen molar-refractivity contribution in [1.29, 1.82) is 0 Å². The number of carbonyl (C=O) groups excluding carboxylic acids is 2. The molecule has 1 heterocycles. The maximum absolute atomic E-state index is 13.8. The summed E-state index contributed by atoms with van der Waals surface area (Å²) in [7, 11) is 1.51. The molecule has 0 aliphatic carbocycles. The van der Waals surface area contributed by atoms with Gasteiger partial charge in [0.15, 0.2) is 11.5 Å². The molecule has 28 heavy (non-hydrogen) atoms. The zero-order chi connectivity index (χ0) is 20.6. The molecule has 146 valence electrons. The van der Waals surface area contributed by atoms with E-state index < -0.39 is 28.9 Å². The van der Waals surface area contributed by atoms with Gasteiger partial charge in [-0.1, -0.05) is 39.0 Å². The predicted octanol–water partition coefficient (Wildman–Crippen LogP) is 4.35. The van der Waals surface area contributed by atoms with Crippen molar-refractivity contribution in [3.8, 4) is 5.75 Å². The number of aliphatic hydroxyl groups is 1. The molecule has 0 saturated carbocycles. The third-order valence-electron chi connectivity index (χ3n) is 4.63. The van der Waals surface area contributed by atoms with Crippen LogP contribution in [0, 0.1) is 11.2 Å². The fourth-order valence-electron chi connectivity index (χ4n) is 3.26. The number of benzene rings is 2. The Morgan fingerprint density at radius 2 is 1.82 bits per heavy atom. The first-order valence-electron chi connectivity index (χ1n) is 8.86. The van der Waals surface area contributed by atoms with Gasteiger partial charge in [-0.3, -0.25) is 14.5 Å². The lowest BCUT2D eigenvalue weighted by Gasteiger charge is -2.29. The Hall–Kier alpha value is -3.15. The van der Waals surface area contributed by atoms with Crippen LogP contribution in [0.2, 0.25) is 0 Å². The number of amides is 1. The van der Waals surface area contributed by atoms with Gasteiger partial charge in [0, 0.05) is 11.1 Å². The third kappa shape index (κ3) is 3.38. The van der Waals surface area contributed by atoms with Crippen molar-refractivity contribution in [3.63, 3.8) is 0 Å². The molecule has 0 spiro atoms. The first-order valence-corrected chi connectivity index (χ1v) is 8.86. The summed E-state index contributed by atoms with van der Waals surface area (Å²) in [5.41, 5.74) is 0.00302. The molecule has 0 fully saturated rings. The maximum Gasteiger partial charge on any atom is 0.294 e. The molecule has 0 bridgehead atoms. The van der Waals surface area contributed by atoms with Gasteiger partial charge in [0.25, 0.3) is 5.91 Å². The summed E-state index contributed by atoms with van der Waals surface area (Å²) in [6.07, 6.45) is 0. The summed E-state index contributed by atoms with van der Waals surface area (Å²) in [6.45, 7) is 5.15. The van der Waals surface area contributed by atoms with E-state index in [1.54, 1.807) is 51.1 Å². The van der Waals surface area contributed by atoms with Crippen molar-refractivity contribution in [3.05, 3.63) is 71.2 Å². The van der Waals surface area contributed by atoms with E-state index in [9.17, 15) is 19.1 Å². The molecule has 1 amide bonds. The average molecular weight is 383 g/mol. The lowest BCUT2D eigenvalue weighted by Crippen LogP contribution is -2.32. The summed E-state index contributed by atoms with van der Waals surface area (Å²) < 4.78 is 19.1. The van der Waals surface area contributed by atoms with Gasteiger partial charge in [0.05, 0.1) is 18.7 Å². The fourth-order valence-corrected chi connectivity index (χ4v) is 3.26. The molecule has 3 rings (SSSR count). The van der Waals surface area contributed by atoms with Gasteiger partial charge in [-0.25, -0.2) is 4.39 Å². The van der Waals surface area contributed by atoms with Gasteiger partial charge in [-0.2, -0.15) is 0 Å². The Labute approximate surface area is 163 Å². The quantitative estimate of drug-likeness (QED) is 0.852. The number of halogens is 1. The molecule has 1 aliphatic rings. The van der Waals surface area contributed by atoms with Gasteiger partial charge >= 0.3 is 0 Å². The number of Topliss-reactive ketones (excluding diaryl/α,β-unsaturated/α-hetero) is 1. The average Bonchev–Trinajstić information content (AvgIpc) is 2.91. The standard InChI is InChI=1S/C22H22FNO4/c1-22(2,3)20(26)17-18(13-7-5-10-16(11-13)28-4)24(21(27)19(17)25)15-9-6-8-14(23)12-15/h5-12,18,25H,1-4H3. The first kappa shape index (κ1) is 19.6. The fraction of sp³-hybridized carbons (Fsp3) is 0.273. The molecule has 5 nitrogen and oxygen atoms in total. The van der Waals surface area contributed by atoms with Crippen LogP contribution in [0.4, 0.5) is 10.1 Å². The molecule has 2 aromatic rings. The highest BCUT2D eigenvalue weighted by Gasteiger charge is 2.46. The van der Waals surface area contributed by atoms with E-state index >= 15 is 0 Å². The second-order valence-corrected chi connectivity index (χ2v) is 7.68. The Kier molecular flexibility index (Phi) is 4.98. The number of nitrogens with zero attached hydrogens (tertiary/aromatic N) is 1. The monoisotopic (exact) mass is 383 g/mol. The van der Waals surface area contributed by atoms with Crippen LogP contribution < -0.4 is 9.64 Å². The summed E-state index contributed by atoms with van der Waals surface area (Å²) in [6, 6.07) is 11.5. The van der Waals surface area contributed by atoms with Gasteiger partial charge in [0.2, 0.25) is 0 Å². The Morgan fingerprint density at radius 1 is 1.14 bits per heavy atom.